The van der Waals surface area contributed by atoms with Crippen LogP contribution in [-0.2, 0) is 17.1 Å². The lowest BCUT2D eigenvalue weighted by Crippen LogP contribution is -2.20. The normalized spacial score (nSPS) is 12.4. The molecule has 0 aliphatic carbocycles. The molecule has 0 bridgehead atoms. The van der Waals surface area contributed by atoms with Crippen LogP contribution >= 0.6 is 0 Å². The Kier molecular flexibility index (Phi) is 3.78. The Morgan fingerprint density at radius 2 is 1.68 bits per heavy atom. The molecule has 0 N–H and O–H groups in total. The van der Waals surface area contributed by atoms with Gasteiger partial charge in [0.1, 0.15) is 5.69 Å². The minimum Gasteiger partial charge on any atom is -0.465 e. The number of methoxy groups -OCH3 is 1. The molecular formula is C10H7F6NO2. The first kappa shape index (κ1) is 15.3. The number of esters is 1. The van der Waals surface area contributed by atoms with Gasteiger partial charge in [0.15, 0.2) is 0 Å². The van der Waals surface area contributed by atoms with E-state index in [-0.39, 0.29) is 6.07 Å². The minimum absolute atomic E-state index is 0.209. The number of carbonyl (C=O) groups is 1. The smallest absolute Gasteiger partial charge is 0.433 e. The van der Waals surface area contributed by atoms with Gasteiger partial charge in [-0.05, 0) is 13.0 Å². The van der Waals surface area contributed by atoms with Gasteiger partial charge >= 0.3 is 18.3 Å². The summed E-state index contributed by atoms with van der Waals surface area (Å²) in [6, 6.07) is -0.209. The number of carbonyl (C=O) groups excluding carboxylic acids is 1. The molecule has 1 aromatic rings. The molecule has 0 spiro atoms. The van der Waals surface area contributed by atoms with Crippen molar-refractivity contribution < 1.29 is 35.9 Å². The van der Waals surface area contributed by atoms with E-state index in [1.807, 2.05) is 0 Å². The number of hydrogen-bond donors (Lipinski definition) is 0. The molecule has 0 amide bonds. The maximum Gasteiger partial charge on any atom is 0.433 e. The van der Waals surface area contributed by atoms with Gasteiger partial charge in [-0.25, -0.2) is 9.78 Å². The number of ether oxygens (including phenoxy) is 1. The third-order valence-corrected chi connectivity index (χ3v) is 2.19. The SMILES string of the molecule is COC(=O)c1c(C(F)(F)F)cc(C(F)(F)F)nc1C. The molecule has 0 aliphatic heterocycles. The first-order chi connectivity index (χ1) is 8.48. The predicted octanol–water partition coefficient (Wildman–Crippen LogP) is 3.21. The molecule has 19 heavy (non-hydrogen) atoms. The molecule has 0 unspecified atom stereocenters. The fourth-order valence-corrected chi connectivity index (χ4v) is 1.40. The molecule has 9 heteroatoms. The topological polar surface area (TPSA) is 39.2 Å². The number of pyridine rings is 1. The van der Waals surface area contributed by atoms with Crippen molar-refractivity contribution in [1.29, 1.82) is 0 Å². The van der Waals surface area contributed by atoms with Crippen LogP contribution in [0.3, 0.4) is 0 Å². The van der Waals surface area contributed by atoms with E-state index >= 15 is 0 Å². The zero-order chi connectivity index (χ0) is 15.0. The van der Waals surface area contributed by atoms with E-state index in [0.717, 1.165) is 14.0 Å². The van der Waals surface area contributed by atoms with Crippen molar-refractivity contribution >= 4 is 5.97 Å². The standard InChI is InChI=1S/C10H7F6NO2/c1-4-7(8(18)19-2)5(9(11,12)13)3-6(17-4)10(14,15)16/h3H,1-2H3. The van der Waals surface area contributed by atoms with Crippen molar-refractivity contribution in [3.05, 3.63) is 28.6 Å². The second-order valence-corrected chi connectivity index (χ2v) is 3.50. The van der Waals surface area contributed by atoms with E-state index in [1.54, 1.807) is 0 Å². The van der Waals surface area contributed by atoms with Crippen molar-refractivity contribution in [1.82, 2.24) is 4.98 Å². The van der Waals surface area contributed by atoms with Crippen molar-refractivity contribution in [3.8, 4) is 0 Å². The Balaban J connectivity index is 3.62. The van der Waals surface area contributed by atoms with Gasteiger partial charge in [-0.15, -0.1) is 0 Å². The van der Waals surface area contributed by atoms with Crippen LogP contribution in [0.15, 0.2) is 6.07 Å². The van der Waals surface area contributed by atoms with E-state index in [2.05, 4.69) is 9.72 Å². The van der Waals surface area contributed by atoms with Gasteiger partial charge in [0.25, 0.3) is 0 Å². The summed E-state index contributed by atoms with van der Waals surface area (Å²) >= 11 is 0. The van der Waals surface area contributed by atoms with Gasteiger partial charge in [0.2, 0.25) is 0 Å². The third-order valence-electron chi connectivity index (χ3n) is 2.19. The van der Waals surface area contributed by atoms with Gasteiger partial charge in [-0.1, -0.05) is 0 Å². The van der Waals surface area contributed by atoms with Crippen molar-refractivity contribution in [3.63, 3.8) is 0 Å². The highest BCUT2D eigenvalue weighted by Gasteiger charge is 2.41. The fraction of sp³-hybridized carbons (Fsp3) is 0.400. The fourth-order valence-electron chi connectivity index (χ4n) is 1.40. The highest BCUT2D eigenvalue weighted by atomic mass is 19.4. The Hall–Kier alpha value is -1.80. The van der Waals surface area contributed by atoms with Crippen LogP contribution in [0.4, 0.5) is 26.3 Å². The Labute approximate surface area is 103 Å². The molecule has 1 rings (SSSR count). The molecule has 0 aliphatic rings. The van der Waals surface area contributed by atoms with E-state index in [1.165, 1.54) is 0 Å². The van der Waals surface area contributed by atoms with Crippen LogP contribution in [0.2, 0.25) is 0 Å². The summed E-state index contributed by atoms with van der Waals surface area (Å²) < 4.78 is 79.4. The van der Waals surface area contributed by atoms with E-state index in [9.17, 15) is 31.1 Å². The summed E-state index contributed by atoms with van der Waals surface area (Å²) in [5.41, 5.74) is -5.17. The number of hydrogen-bond acceptors (Lipinski definition) is 3. The Morgan fingerprint density at radius 3 is 2.05 bits per heavy atom. The van der Waals surface area contributed by atoms with E-state index in [4.69, 9.17) is 0 Å². The van der Waals surface area contributed by atoms with Gasteiger partial charge in [-0.3, -0.25) is 0 Å². The lowest BCUT2D eigenvalue weighted by Gasteiger charge is -2.16. The van der Waals surface area contributed by atoms with E-state index in [0.29, 0.717) is 0 Å². The lowest BCUT2D eigenvalue weighted by atomic mass is 10.0. The average Bonchev–Trinajstić information content (AvgIpc) is 2.24. The summed E-state index contributed by atoms with van der Waals surface area (Å²) in [6.07, 6.45) is -10.2. The molecule has 0 radical (unpaired) electrons. The molecule has 1 aromatic heterocycles. The number of halogens is 6. The number of rotatable bonds is 1. The zero-order valence-corrected chi connectivity index (χ0v) is 9.61. The monoisotopic (exact) mass is 287 g/mol. The molecule has 0 atom stereocenters. The maximum atomic E-state index is 12.7. The second-order valence-electron chi connectivity index (χ2n) is 3.50. The van der Waals surface area contributed by atoms with Crippen molar-refractivity contribution in [2.45, 2.75) is 19.3 Å². The third kappa shape index (κ3) is 3.15. The van der Waals surface area contributed by atoms with Gasteiger partial charge < -0.3 is 4.74 Å². The van der Waals surface area contributed by atoms with Gasteiger partial charge in [-0.2, -0.15) is 26.3 Å². The first-order valence-electron chi connectivity index (χ1n) is 4.72. The quantitative estimate of drug-likeness (QED) is 0.588. The highest BCUT2D eigenvalue weighted by molar-refractivity contribution is 5.92. The van der Waals surface area contributed by atoms with Crippen molar-refractivity contribution in [2.75, 3.05) is 7.11 Å². The number of aromatic nitrogens is 1. The number of alkyl halides is 6. The summed E-state index contributed by atoms with van der Waals surface area (Å²) in [7, 11) is 0.819. The molecular weight excluding hydrogens is 280 g/mol. The highest BCUT2D eigenvalue weighted by Crippen LogP contribution is 2.37. The number of aryl methyl sites for hydroxylation is 1. The summed E-state index contributed by atoms with van der Waals surface area (Å²) in [5, 5.41) is 0. The van der Waals surface area contributed by atoms with Crippen LogP contribution in [-0.4, -0.2) is 18.1 Å². The van der Waals surface area contributed by atoms with Gasteiger partial charge in [0.05, 0.1) is 23.9 Å². The van der Waals surface area contributed by atoms with Crippen LogP contribution in [0.1, 0.15) is 27.3 Å². The molecule has 0 saturated carbocycles. The molecule has 0 aromatic carbocycles. The lowest BCUT2D eigenvalue weighted by molar-refractivity contribution is -0.146. The minimum atomic E-state index is -5.13. The molecule has 0 fully saturated rings. The molecule has 1 heterocycles. The van der Waals surface area contributed by atoms with Gasteiger partial charge in [0, 0.05) is 0 Å². The van der Waals surface area contributed by atoms with Crippen LogP contribution < -0.4 is 0 Å². The second kappa shape index (κ2) is 4.71. The first-order valence-corrected chi connectivity index (χ1v) is 4.72. The van der Waals surface area contributed by atoms with Crippen LogP contribution in [0, 0.1) is 6.92 Å². The predicted molar refractivity (Wildman–Crippen MR) is 50.3 cm³/mol. The molecule has 106 valence electrons. The van der Waals surface area contributed by atoms with Crippen molar-refractivity contribution in [2.24, 2.45) is 0 Å². The summed E-state index contributed by atoms with van der Waals surface area (Å²) in [4.78, 5) is 14.2. The Bertz CT molecular complexity index is 506. The zero-order valence-electron chi connectivity index (χ0n) is 9.61. The summed E-state index contributed by atoms with van der Waals surface area (Å²) in [6.45, 7) is 0.872. The van der Waals surface area contributed by atoms with Crippen LogP contribution in [0.5, 0.6) is 0 Å². The van der Waals surface area contributed by atoms with E-state index < -0.39 is 40.8 Å². The summed E-state index contributed by atoms with van der Waals surface area (Å²) in [5.74, 6) is -1.40. The Morgan fingerprint density at radius 1 is 1.16 bits per heavy atom. The molecule has 0 saturated heterocycles. The van der Waals surface area contributed by atoms with Crippen LogP contribution in [0.25, 0.3) is 0 Å². The molecule has 3 nitrogen and oxygen atoms in total. The average molecular weight is 287 g/mol. The number of nitrogens with zero attached hydrogens (tertiary/aromatic N) is 1. The largest absolute Gasteiger partial charge is 0.465 e. The maximum absolute atomic E-state index is 12.7.